The van der Waals surface area contributed by atoms with Crippen LogP contribution in [0.2, 0.25) is 0 Å². The Balaban J connectivity index is 1.97. The largest absolute Gasteiger partial charge is 0.271 e. The van der Waals surface area contributed by atoms with Crippen LogP contribution < -0.4 is 0 Å². The fourth-order valence-corrected chi connectivity index (χ4v) is 2.76. The van der Waals surface area contributed by atoms with Crippen LogP contribution in [0.15, 0.2) is 61.2 Å². The quantitative estimate of drug-likeness (QED) is 0.428. The molecule has 3 aromatic heterocycles. The summed E-state index contributed by atoms with van der Waals surface area (Å²) in [6, 6.07) is 10.5. The van der Waals surface area contributed by atoms with Crippen LogP contribution in [0.1, 0.15) is 5.56 Å². The van der Waals surface area contributed by atoms with Gasteiger partial charge in [0.1, 0.15) is 0 Å². The van der Waals surface area contributed by atoms with Crippen molar-refractivity contribution in [2.75, 3.05) is 0 Å². The van der Waals surface area contributed by atoms with Crippen molar-refractivity contribution < 1.29 is 4.92 Å². The lowest BCUT2D eigenvalue weighted by Gasteiger charge is -2.11. The third-order valence-corrected chi connectivity index (χ3v) is 3.95. The SMILES string of the molecule is Cc1ccc([N+](=O)[O-])cc1-n1ccc2ncc(-c3cccnc3)n21. The molecule has 0 unspecified atom stereocenters. The van der Waals surface area contributed by atoms with Crippen LogP contribution in [0.25, 0.3) is 22.6 Å². The Morgan fingerprint density at radius 1 is 1.17 bits per heavy atom. The van der Waals surface area contributed by atoms with E-state index >= 15 is 0 Å². The second-order valence-corrected chi connectivity index (χ2v) is 5.44. The number of non-ortho nitro benzene ring substituents is 1. The summed E-state index contributed by atoms with van der Waals surface area (Å²) in [7, 11) is 0. The van der Waals surface area contributed by atoms with Crippen LogP contribution in [0, 0.1) is 17.0 Å². The lowest BCUT2D eigenvalue weighted by atomic mass is 10.2. The first-order valence-corrected chi connectivity index (χ1v) is 7.36. The Hall–Kier alpha value is -3.48. The first kappa shape index (κ1) is 14.1. The predicted octanol–water partition coefficient (Wildman–Crippen LogP) is 3.40. The van der Waals surface area contributed by atoms with Gasteiger partial charge in [-0.3, -0.25) is 19.8 Å². The summed E-state index contributed by atoms with van der Waals surface area (Å²) >= 11 is 0. The molecule has 1 aromatic carbocycles. The van der Waals surface area contributed by atoms with Crippen molar-refractivity contribution in [3.05, 3.63) is 76.9 Å². The minimum atomic E-state index is -0.389. The minimum absolute atomic E-state index is 0.0560. The standard InChI is InChI=1S/C17H13N5O2/c1-12-4-5-14(22(23)24)9-15(12)20-8-6-17-19-11-16(21(17)20)13-3-2-7-18-10-13/h2-11H,1H3. The highest BCUT2D eigenvalue weighted by Crippen LogP contribution is 2.25. The van der Waals surface area contributed by atoms with Crippen molar-refractivity contribution in [3.8, 4) is 16.9 Å². The normalized spacial score (nSPS) is 11.0. The van der Waals surface area contributed by atoms with E-state index in [2.05, 4.69) is 9.97 Å². The maximum atomic E-state index is 11.1. The molecule has 0 amide bonds. The number of hydrogen-bond donors (Lipinski definition) is 0. The van der Waals surface area contributed by atoms with E-state index in [1.807, 2.05) is 40.5 Å². The van der Waals surface area contributed by atoms with Gasteiger partial charge < -0.3 is 0 Å². The Morgan fingerprint density at radius 2 is 2.04 bits per heavy atom. The molecule has 0 saturated heterocycles. The summed E-state index contributed by atoms with van der Waals surface area (Å²) in [5.41, 5.74) is 4.29. The van der Waals surface area contributed by atoms with Crippen molar-refractivity contribution >= 4 is 11.3 Å². The molecule has 0 atom stereocenters. The first-order valence-electron chi connectivity index (χ1n) is 7.36. The van der Waals surface area contributed by atoms with Gasteiger partial charge in [0.2, 0.25) is 0 Å². The molecule has 0 aliphatic heterocycles. The van der Waals surface area contributed by atoms with Crippen LogP contribution in [-0.2, 0) is 0 Å². The van der Waals surface area contributed by atoms with E-state index in [0.29, 0.717) is 0 Å². The van der Waals surface area contributed by atoms with E-state index in [4.69, 9.17) is 0 Å². The number of nitrogens with zero attached hydrogens (tertiary/aromatic N) is 5. The molecule has 0 radical (unpaired) electrons. The van der Waals surface area contributed by atoms with Gasteiger partial charge in [0.15, 0.2) is 5.65 Å². The van der Waals surface area contributed by atoms with Crippen LogP contribution >= 0.6 is 0 Å². The highest BCUT2D eigenvalue weighted by molar-refractivity contribution is 5.63. The number of aryl methyl sites for hydroxylation is 1. The molecule has 4 aromatic rings. The average Bonchev–Trinajstić information content (AvgIpc) is 3.18. The molecule has 0 fully saturated rings. The molecular formula is C17H13N5O2. The number of nitro benzene ring substituents is 1. The molecule has 0 saturated carbocycles. The summed E-state index contributed by atoms with van der Waals surface area (Å²) < 4.78 is 3.79. The van der Waals surface area contributed by atoms with Crippen LogP contribution in [-0.4, -0.2) is 24.1 Å². The molecule has 3 heterocycles. The first-order chi connectivity index (χ1) is 11.6. The number of rotatable bonds is 3. The predicted molar refractivity (Wildman–Crippen MR) is 89.1 cm³/mol. The fourth-order valence-electron chi connectivity index (χ4n) is 2.76. The van der Waals surface area contributed by atoms with Crippen LogP contribution in [0.3, 0.4) is 0 Å². The van der Waals surface area contributed by atoms with Crippen LogP contribution in [0.5, 0.6) is 0 Å². The van der Waals surface area contributed by atoms with Gasteiger partial charge in [-0.2, -0.15) is 0 Å². The van der Waals surface area contributed by atoms with Gasteiger partial charge in [-0.25, -0.2) is 9.50 Å². The molecule has 0 bridgehead atoms. The molecule has 118 valence electrons. The Labute approximate surface area is 137 Å². The van der Waals surface area contributed by atoms with Gasteiger partial charge in [0, 0.05) is 42.4 Å². The monoisotopic (exact) mass is 319 g/mol. The molecule has 24 heavy (non-hydrogen) atoms. The minimum Gasteiger partial charge on any atom is -0.264 e. The summed E-state index contributed by atoms with van der Waals surface area (Å²) in [5.74, 6) is 0. The molecule has 0 aliphatic carbocycles. The number of benzene rings is 1. The maximum absolute atomic E-state index is 11.1. The molecule has 7 nitrogen and oxygen atoms in total. The van der Waals surface area contributed by atoms with Crippen molar-refractivity contribution in [1.29, 1.82) is 0 Å². The van der Waals surface area contributed by atoms with E-state index in [0.717, 1.165) is 28.2 Å². The second kappa shape index (κ2) is 5.31. The third-order valence-electron chi connectivity index (χ3n) is 3.95. The Kier molecular flexibility index (Phi) is 3.13. The zero-order chi connectivity index (χ0) is 16.7. The summed E-state index contributed by atoms with van der Waals surface area (Å²) in [5, 5.41) is 11.1. The number of hydrogen-bond acceptors (Lipinski definition) is 4. The summed E-state index contributed by atoms with van der Waals surface area (Å²) in [6.07, 6.45) is 7.11. The van der Waals surface area contributed by atoms with Crippen molar-refractivity contribution in [2.45, 2.75) is 6.92 Å². The Morgan fingerprint density at radius 3 is 2.79 bits per heavy atom. The van der Waals surface area contributed by atoms with E-state index in [9.17, 15) is 10.1 Å². The van der Waals surface area contributed by atoms with Gasteiger partial charge in [0.05, 0.1) is 22.5 Å². The molecule has 0 spiro atoms. The number of nitro groups is 1. The van der Waals surface area contributed by atoms with Gasteiger partial charge in [0.25, 0.3) is 5.69 Å². The highest BCUT2D eigenvalue weighted by Gasteiger charge is 2.15. The van der Waals surface area contributed by atoms with E-state index in [1.165, 1.54) is 6.07 Å². The summed E-state index contributed by atoms with van der Waals surface area (Å²) in [4.78, 5) is 19.3. The van der Waals surface area contributed by atoms with Crippen LogP contribution in [0.4, 0.5) is 5.69 Å². The van der Waals surface area contributed by atoms with E-state index < -0.39 is 0 Å². The molecule has 4 rings (SSSR count). The maximum Gasteiger partial charge on any atom is 0.271 e. The summed E-state index contributed by atoms with van der Waals surface area (Å²) in [6.45, 7) is 1.92. The molecule has 0 aliphatic rings. The van der Waals surface area contributed by atoms with Crippen molar-refractivity contribution in [1.82, 2.24) is 19.2 Å². The topological polar surface area (TPSA) is 78.3 Å². The zero-order valence-corrected chi connectivity index (χ0v) is 12.8. The van der Waals surface area contributed by atoms with Gasteiger partial charge in [-0.1, -0.05) is 6.07 Å². The smallest absolute Gasteiger partial charge is 0.264 e. The number of aromatic nitrogens is 4. The van der Waals surface area contributed by atoms with E-state index in [-0.39, 0.29) is 10.6 Å². The lowest BCUT2D eigenvalue weighted by Crippen LogP contribution is -2.05. The van der Waals surface area contributed by atoms with Crippen molar-refractivity contribution in [2.24, 2.45) is 0 Å². The van der Waals surface area contributed by atoms with E-state index in [1.54, 1.807) is 30.7 Å². The number of pyridine rings is 1. The number of imidazole rings is 1. The second-order valence-electron chi connectivity index (χ2n) is 5.44. The lowest BCUT2D eigenvalue weighted by molar-refractivity contribution is -0.384. The number of fused-ring (bicyclic) bond motifs is 1. The molecule has 0 N–H and O–H groups in total. The third kappa shape index (κ3) is 2.14. The zero-order valence-electron chi connectivity index (χ0n) is 12.8. The fraction of sp³-hybridized carbons (Fsp3) is 0.0588. The van der Waals surface area contributed by atoms with Crippen molar-refractivity contribution in [3.63, 3.8) is 0 Å². The molecule has 7 heteroatoms. The average molecular weight is 319 g/mol. The highest BCUT2D eigenvalue weighted by atomic mass is 16.6. The van der Waals surface area contributed by atoms with Gasteiger partial charge >= 0.3 is 0 Å². The molecular weight excluding hydrogens is 306 g/mol. The van der Waals surface area contributed by atoms with Gasteiger partial charge in [-0.05, 0) is 24.6 Å². The van der Waals surface area contributed by atoms with Gasteiger partial charge in [-0.15, -0.1) is 0 Å². The Bertz CT molecular complexity index is 1050.